The fraction of sp³-hybridized carbons (Fsp3) is 0.500. The third kappa shape index (κ3) is 2.10. The SMILES string of the molecule is Cc1nn(C)cc1-c1oncc1CNC1CC1. The van der Waals surface area contributed by atoms with Gasteiger partial charge in [0.1, 0.15) is 0 Å². The zero-order valence-corrected chi connectivity index (χ0v) is 10.1. The van der Waals surface area contributed by atoms with Gasteiger partial charge in [0.15, 0.2) is 5.76 Å². The van der Waals surface area contributed by atoms with Crippen LogP contribution in [0.3, 0.4) is 0 Å². The van der Waals surface area contributed by atoms with E-state index in [2.05, 4.69) is 15.6 Å². The van der Waals surface area contributed by atoms with Gasteiger partial charge in [0.2, 0.25) is 0 Å². The maximum atomic E-state index is 5.35. The summed E-state index contributed by atoms with van der Waals surface area (Å²) in [5, 5.41) is 11.7. The minimum Gasteiger partial charge on any atom is -0.356 e. The van der Waals surface area contributed by atoms with Crippen molar-refractivity contribution >= 4 is 0 Å². The van der Waals surface area contributed by atoms with E-state index in [0.29, 0.717) is 6.04 Å². The van der Waals surface area contributed by atoms with Gasteiger partial charge in [-0.15, -0.1) is 0 Å². The lowest BCUT2D eigenvalue weighted by Crippen LogP contribution is -2.15. The summed E-state index contributed by atoms with van der Waals surface area (Å²) in [6.45, 7) is 2.80. The van der Waals surface area contributed by atoms with Crippen molar-refractivity contribution in [2.75, 3.05) is 0 Å². The average Bonchev–Trinajstić information content (AvgIpc) is 2.91. The molecule has 1 aliphatic rings. The third-order valence-corrected chi connectivity index (χ3v) is 3.06. The quantitative estimate of drug-likeness (QED) is 0.870. The molecule has 5 nitrogen and oxygen atoms in total. The number of rotatable bonds is 4. The Morgan fingerprint density at radius 2 is 2.35 bits per heavy atom. The number of nitrogens with zero attached hydrogens (tertiary/aromatic N) is 3. The van der Waals surface area contributed by atoms with Crippen molar-refractivity contribution in [3.8, 4) is 11.3 Å². The summed E-state index contributed by atoms with van der Waals surface area (Å²) in [6, 6.07) is 0.688. The summed E-state index contributed by atoms with van der Waals surface area (Å²) >= 11 is 0. The molecule has 1 aliphatic carbocycles. The lowest BCUT2D eigenvalue weighted by Gasteiger charge is -2.01. The van der Waals surface area contributed by atoms with Crippen LogP contribution in [0, 0.1) is 6.92 Å². The molecule has 2 aromatic rings. The summed E-state index contributed by atoms with van der Waals surface area (Å²) in [4.78, 5) is 0. The van der Waals surface area contributed by atoms with Gasteiger partial charge in [-0.3, -0.25) is 4.68 Å². The van der Waals surface area contributed by atoms with Gasteiger partial charge in [0, 0.05) is 31.4 Å². The van der Waals surface area contributed by atoms with Gasteiger partial charge in [-0.05, 0) is 19.8 Å². The van der Waals surface area contributed by atoms with E-state index in [1.54, 1.807) is 10.9 Å². The largest absolute Gasteiger partial charge is 0.356 e. The van der Waals surface area contributed by atoms with Gasteiger partial charge in [0.25, 0.3) is 0 Å². The lowest BCUT2D eigenvalue weighted by molar-refractivity contribution is 0.431. The van der Waals surface area contributed by atoms with Crippen LogP contribution in [0.2, 0.25) is 0 Å². The van der Waals surface area contributed by atoms with Crippen LogP contribution in [-0.4, -0.2) is 21.0 Å². The van der Waals surface area contributed by atoms with Crippen LogP contribution in [0.5, 0.6) is 0 Å². The molecule has 1 fully saturated rings. The van der Waals surface area contributed by atoms with E-state index in [4.69, 9.17) is 4.52 Å². The molecule has 1 saturated carbocycles. The topological polar surface area (TPSA) is 55.9 Å². The Morgan fingerprint density at radius 1 is 1.53 bits per heavy atom. The highest BCUT2D eigenvalue weighted by Gasteiger charge is 2.22. The Morgan fingerprint density at radius 3 is 3.00 bits per heavy atom. The molecule has 0 atom stereocenters. The number of aromatic nitrogens is 3. The van der Waals surface area contributed by atoms with Gasteiger partial charge in [-0.2, -0.15) is 5.10 Å². The average molecular weight is 232 g/mol. The molecule has 17 heavy (non-hydrogen) atoms. The number of hydrogen-bond donors (Lipinski definition) is 1. The number of hydrogen-bond acceptors (Lipinski definition) is 4. The second kappa shape index (κ2) is 4.00. The highest BCUT2D eigenvalue weighted by atomic mass is 16.5. The molecular formula is C12H16N4O. The van der Waals surface area contributed by atoms with Crippen LogP contribution in [0.1, 0.15) is 24.1 Å². The van der Waals surface area contributed by atoms with Crippen molar-refractivity contribution < 1.29 is 4.52 Å². The van der Waals surface area contributed by atoms with Gasteiger partial charge in [0.05, 0.1) is 17.5 Å². The maximum Gasteiger partial charge on any atom is 0.174 e. The van der Waals surface area contributed by atoms with E-state index >= 15 is 0 Å². The van der Waals surface area contributed by atoms with E-state index in [1.807, 2.05) is 20.2 Å². The van der Waals surface area contributed by atoms with Crippen molar-refractivity contribution in [3.05, 3.63) is 23.7 Å². The highest BCUT2D eigenvalue weighted by molar-refractivity contribution is 5.62. The molecule has 0 spiro atoms. The van der Waals surface area contributed by atoms with Crippen LogP contribution >= 0.6 is 0 Å². The zero-order chi connectivity index (χ0) is 11.8. The number of aryl methyl sites for hydroxylation is 2. The minimum absolute atomic E-state index is 0.688. The Balaban J connectivity index is 1.86. The predicted molar refractivity (Wildman–Crippen MR) is 63.3 cm³/mol. The summed E-state index contributed by atoms with van der Waals surface area (Å²) in [7, 11) is 1.91. The first kappa shape index (κ1) is 10.5. The maximum absolute atomic E-state index is 5.35. The molecule has 0 saturated heterocycles. The minimum atomic E-state index is 0.688. The van der Waals surface area contributed by atoms with Crippen LogP contribution in [-0.2, 0) is 13.6 Å². The second-order valence-corrected chi connectivity index (χ2v) is 4.64. The lowest BCUT2D eigenvalue weighted by atomic mass is 10.1. The summed E-state index contributed by atoms with van der Waals surface area (Å²) in [6.07, 6.45) is 6.33. The van der Waals surface area contributed by atoms with Crippen molar-refractivity contribution in [1.82, 2.24) is 20.3 Å². The second-order valence-electron chi connectivity index (χ2n) is 4.64. The first-order valence-corrected chi connectivity index (χ1v) is 5.91. The zero-order valence-electron chi connectivity index (χ0n) is 10.1. The normalized spacial score (nSPS) is 15.4. The smallest absolute Gasteiger partial charge is 0.174 e. The first-order chi connectivity index (χ1) is 8.24. The van der Waals surface area contributed by atoms with E-state index in [1.165, 1.54) is 12.8 Å². The fourth-order valence-electron chi connectivity index (χ4n) is 1.97. The van der Waals surface area contributed by atoms with Crippen LogP contribution in [0.25, 0.3) is 11.3 Å². The van der Waals surface area contributed by atoms with Crippen molar-refractivity contribution in [2.24, 2.45) is 7.05 Å². The van der Waals surface area contributed by atoms with Crippen LogP contribution in [0.4, 0.5) is 0 Å². The Kier molecular flexibility index (Phi) is 2.48. The molecule has 0 amide bonds. The Hall–Kier alpha value is -1.62. The molecular weight excluding hydrogens is 216 g/mol. The molecule has 0 unspecified atom stereocenters. The standard InChI is InChI=1S/C12H16N4O/c1-8-11(7-16(2)15-8)12-9(6-14-17-12)5-13-10-3-4-10/h6-7,10,13H,3-5H2,1-2H3. The van der Waals surface area contributed by atoms with E-state index in [0.717, 1.165) is 29.1 Å². The predicted octanol–water partition coefficient (Wildman–Crippen LogP) is 1.64. The molecule has 0 aromatic carbocycles. The molecule has 5 heteroatoms. The molecule has 1 N–H and O–H groups in total. The van der Waals surface area contributed by atoms with E-state index in [9.17, 15) is 0 Å². The molecule has 90 valence electrons. The molecule has 0 aliphatic heterocycles. The van der Waals surface area contributed by atoms with Gasteiger partial charge in [-0.25, -0.2) is 0 Å². The Bertz CT molecular complexity index is 524. The van der Waals surface area contributed by atoms with Gasteiger partial charge < -0.3 is 9.84 Å². The monoisotopic (exact) mass is 232 g/mol. The van der Waals surface area contributed by atoms with Crippen LogP contribution in [0.15, 0.2) is 16.9 Å². The van der Waals surface area contributed by atoms with Crippen molar-refractivity contribution in [3.63, 3.8) is 0 Å². The van der Waals surface area contributed by atoms with Crippen molar-refractivity contribution in [1.29, 1.82) is 0 Å². The van der Waals surface area contributed by atoms with E-state index in [-0.39, 0.29) is 0 Å². The first-order valence-electron chi connectivity index (χ1n) is 5.91. The van der Waals surface area contributed by atoms with E-state index < -0.39 is 0 Å². The third-order valence-electron chi connectivity index (χ3n) is 3.06. The molecule has 2 heterocycles. The summed E-state index contributed by atoms with van der Waals surface area (Å²) < 4.78 is 7.15. The fourth-order valence-corrected chi connectivity index (χ4v) is 1.97. The molecule has 2 aromatic heterocycles. The number of nitrogens with one attached hydrogen (secondary N) is 1. The summed E-state index contributed by atoms with van der Waals surface area (Å²) in [5.41, 5.74) is 3.10. The van der Waals surface area contributed by atoms with Gasteiger partial charge >= 0.3 is 0 Å². The molecule has 0 radical (unpaired) electrons. The molecule has 0 bridgehead atoms. The molecule has 3 rings (SSSR count). The summed E-state index contributed by atoms with van der Waals surface area (Å²) in [5.74, 6) is 0.837. The van der Waals surface area contributed by atoms with Crippen molar-refractivity contribution in [2.45, 2.75) is 32.4 Å². The Labute approximate surface area is 99.8 Å². The van der Waals surface area contributed by atoms with Crippen LogP contribution < -0.4 is 5.32 Å². The highest BCUT2D eigenvalue weighted by Crippen LogP contribution is 2.27. The van der Waals surface area contributed by atoms with Gasteiger partial charge in [-0.1, -0.05) is 5.16 Å².